The van der Waals surface area contributed by atoms with Crippen LogP contribution in [0.3, 0.4) is 0 Å². The van der Waals surface area contributed by atoms with Gasteiger partial charge in [-0.25, -0.2) is 20.0 Å². The minimum atomic E-state index is -1.20. The maximum absolute atomic E-state index is 13.9. The molecule has 3 N–H and O–H groups in total. The zero-order valence-electron chi connectivity index (χ0n) is 27.0. The third-order valence-corrected chi connectivity index (χ3v) is 8.78. The molecule has 2 heterocycles. The minimum absolute atomic E-state index is 0.120. The number of likely N-dealkylation sites (tertiary alicyclic amines) is 1. The van der Waals surface area contributed by atoms with Crippen molar-refractivity contribution in [3.8, 4) is 22.8 Å². The summed E-state index contributed by atoms with van der Waals surface area (Å²) in [4.78, 5) is 46.8. The molecule has 11 heteroatoms. The summed E-state index contributed by atoms with van der Waals surface area (Å²) < 4.78 is 17.4. The van der Waals surface area contributed by atoms with Gasteiger partial charge in [-0.2, -0.15) is 0 Å². The van der Waals surface area contributed by atoms with Crippen LogP contribution >= 0.6 is 0 Å². The number of ether oxygens (including phenoxy) is 3. The Kier molecular flexibility index (Phi) is 9.58. The number of amides is 3. The van der Waals surface area contributed by atoms with Crippen molar-refractivity contribution in [2.75, 3.05) is 20.3 Å². The minimum Gasteiger partial charge on any atom is -0.497 e. The molecule has 1 aliphatic heterocycles. The van der Waals surface area contributed by atoms with E-state index in [0.717, 1.165) is 16.5 Å². The van der Waals surface area contributed by atoms with E-state index in [1.54, 1.807) is 20.1 Å². The SMILES string of the molecule is C=C[C@@H]1CC1(NC(=O)[C@@H]1C[C@@H](Oc2cc(-c3ccccc3)nc3cc(OC)ccc23)CN1C(=O)NNCc1ccccc1)C(=O)OCC. The van der Waals surface area contributed by atoms with Gasteiger partial charge in [0.15, 0.2) is 0 Å². The molecule has 0 bridgehead atoms. The maximum Gasteiger partial charge on any atom is 0.332 e. The lowest BCUT2D eigenvalue weighted by atomic mass is 10.1. The highest BCUT2D eigenvalue weighted by Gasteiger charge is 2.62. The van der Waals surface area contributed by atoms with Crippen molar-refractivity contribution in [2.45, 2.75) is 44.0 Å². The monoisotopic (exact) mass is 649 g/mol. The van der Waals surface area contributed by atoms with E-state index in [4.69, 9.17) is 19.2 Å². The van der Waals surface area contributed by atoms with Gasteiger partial charge in [-0.05, 0) is 31.0 Å². The molecule has 0 radical (unpaired) electrons. The van der Waals surface area contributed by atoms with Gasteiger partial charge in [0.2, 0.25) is 5.91 Å². The van der Waals surface area contributed by atoms with Crippen molar-refractivity contribution in [1.82, 2.24) is 26.1 Å². The van der Waals surface area contributed by atoms with E-state index in [1.165, 1.54) is 4.90 Å². The number of pyridine rings is 1. The summed E-state index contributed by atoms with van der Waals surface area (Å²) in [6, 6.07) is 25.4. The van der Waals surface area contributed by atoms with Crippen LogP contribution in [0.2, 0.25) is 0 Å². The molecule has 6 rings (SSSR count). The molecule has 1 unspecified atom stereocenters. The summed E-state index contributed by atoms with van der Waals surface area (Å²) in [6.07, 6.45) is 1.66. The Morgan fingerprint density at radius 1 is 1.04 bits per heavy atom. The number of carbonyl (C=O) groups excluding carboxylic acids is 3. The molecule has 2 aliphatic rings. The van der Waals surface area contributed by atoms with E-state index in [-0.39, 0.29) is 25.5 Å². The molecule has 48 heavy (non-hydrogen) atoms. The van der Waals surface area contributed by atoms with Gasteiger partial charge in [0.25, 0.3) is 0 Å². The summed E-state index contributed by atoms with van der Waals surface area (Å²) in [5.74, 6) is -0.0249. The lowest BCUT2D eigenvalue weighted by Crippen LogP contribution is -2.56. The number of benzene rings is 3. The molecule has 1 saturated carbocycles. The van der Waals surface area contributed by atoms with E-state index < -0.39 is 35.6 Å². The Hall–Kier alpha value is -5.42. The van der Waals surface area contributed by atoms with Gasteiger partial charge in [-0.3, -0.25) is 10.2 Å². The fraction of sp³-hybridized carbons (Fsp3) is 0.297. The molecule has 3 amide bonds. The number of aromatic nitrogens is 1. The largest absolute Gasteiger partial charge is 0.497 e. The standard InChI is InChI=1S/C37H39N5O6/c1-4-26-21-37(26,35(44)47-5-2)40-34(43)32-19-28(23-42(32)36(45)41-38-22-24-12-8-6-9-13-24)48-33-20-30(25-14-10-7-11-15-25)39-31-18-27(46-3)16-17-29(31)33/h4,6-18,20,26,28,32,38H,1,5,19,21-23H2,2-3H3,(H,40,43)(H,41,45)/t26-,28-,32+,37?/m1/s1. The third-order valence-electron chi connectivity index (χ3n) is 8.78. The highest BCUT2D eigenvalue weighted by Crippen LogP contribution is 2.46. The Morgan fingerprint density at radius 3 is 2.48 bits per heavy atom. The number of urea groups is 1. The van der Waals surface area contributed by atoms with Gasteiger partial charge in [0.1, 0.15) is 29.2 Å². The number of nitrogens with one attached hydrogen (secondary N) is 3. The molecule has 1 saturated heterocycles. The smallest absolute Gasteiger partial charge is 0.332 e. The number of hydrogen-bond acceptors (Lipinski definition) is 8. The quantitative estimate of drug-likeness (QED) is 0.114. The van der Waals surface area contributed by atoms with Gasteiger partial charge in [-0.15, -0.1) is 6.58 Å². The van der Waals surface area contributed by atoms with Crippen LogP contribution in [-0.4, -0.2) is 65.7 Å². The molecular formula is C37H39N5O6. The number of hydrazine groups is 1. The lowest BCUT2D eigenvalue weighted by molar-refractivity contribution is -0.149. The Bertz CT molecular complexity index is 1800. The highest BCUT2D eigenvalue weighted by molar-refractivity contribution is 5.95. The molecule has 1 aliphatic carbocycles. The van der Waals surface area contributed by atoms with Gasteiger partial charge in [0, 0.05) is 42.0 Å². The van der Waals surface area contributed by atoms with Crippen molar-refractivity contribution in [3.05, 3.63) is 103 Å². The molecule has 1 aromatic heterocycles. The zero-order valence-corrected chi connectivity index (χ0v) is 27.0. The second-order valence-electron chi connectivity index (χ2n) is 11.9. The number of carbonyl (C=O) groups is 3. The molecule has 4 atom stereocenters. The second kappa shape index (κ2) is 14.1. The Labute approximate surface area is 279 Å². The predicted octanol–water partition coefficient (Wildman–Crippen LogP) is 4.77. The zero-order chi connectivity index (χ0) is 33.7. The fourth-order valence-electron chi connectivity index (χ4n) is 6.15. The van der Waals surface area contributed by atoms with Gasteiger partial charge >= 0.3 is 12.0 Å². The number of fused-ring (bicyclic) bond motifs is 1. The average molecular weight is 650 g/mol. The second-order valence-corrected chi connectivity index (χ2v) is 11.9. The summed E-state index contributed by atoms with van der Waals surface area (Å²) in [7, 11) is 1.60. The Balaban J connectivity index is 1.27. The van der Waals surface area contributed by atoms with Crippen LogP contribution in [0, 0.1) is 5.92 Å². The number of esters is 1. The highest BCUT2D eigenvalue weighted by atomic mass is 16.5. The van der Waals surface area contributed by atoms with Crippen LogP contribution in [0.4, 0.5) is 4.79 Å². The van der Waals surface area contributed by atoms with Crippen LogP contribution in [0.25, 0.3) is 22.2 Å². The first-order valence-corrected chi connectivity index (χ1v) is 16.0. The first kappa shape index (κ1) is 32.5. The summed E-state index contributed by atoms with van der Waals surface area (Å²) in [5, 5.41) is 3.67. The molecule has 3 aromatic carbocycles. The topological polar surface area (TPSA) is 131 Å². The number of nitrogens with zero attached hydrogens (tertiary/aromatic N) is 2. The van der Waals surface area contributed by atoms with Crippen LogP contribution in [0.15, 0.2) is 97.6 Å². The molecule has 248 valence electrons. The molecule has 0 spiro atoms. The average Bonchev–Trinajstić information content (AvgIpc) is 3.67. The van der Waals surface area contributed by atoms with Crippen molar-refractivity contribution in [3.63, 3.8) is 0 Å². The molecule has 2 fully saturated rings. The van der Waals surface area contributed by atoms with Crippen LogP contribution in [0.1, 0.15) is 25.3 Å². The van der Waals surface area contributed by atoms with Crippen molar-refractivity contribution < 1.29 is 28.6 Å². The van der Waals surface area contributed by atoms with Crippen molar-refractivity contribution >= 4 is 28.8 Å². The van der Waals surface area contributed by atoms with E-state index in [0.29, 0.717) is 35.7 Å². The number of rotatable bonds is 12. The predicted molar refractivity (Wildman–Crippen MR) is 181 cm³/mol. The summed E-state index contributed by atoms with van der Waals surface area (Å²) >= 11 is 0. The normalized spacial score (nSPS) is 21.3. The first-order valence-electron chi connectivity index (χ1n) is 16.0. The number of hydrogen-bond donors (Lipinski definition) is 3. The summed E-state index contributed by atoms with van der Waals surface area (Å²) in [5.41, 5.74) is 7.75. The van der Waals surface area contributed by atoms with Crippen LogP contribution in [-0.2, 0) is 20.9 Å². The molecule has 4 aromatic rings. The fourth-order valence-corrected chi connectivity index (χ4v) is 6.15. The van der Waals surface area contributed by atoms with E-state index >= 15 is 0 Å². The van der Waals surface area contributed by atoms with Gasteiger partial charge < -0.3 is 24.4 Å². The summed E-state index contributed by atoms with van der Waals surface area (Å²) in [6.45, 7) is 6.22. The number of methoxy groups -OCH3 is 1. The Morgan fingerprint density at radius 2 is 1.79 bits per heavy atom. The first-order chi connectivity index (χ1) is 23.3. The van der Waals surface area contributed by atoms with E-state index in [2.05, 4.69) is 22.7 Å². The van der Waals surface area contributed by atoms with Crippen LogP contribution < -0.4 is 25.6 Å². The molecule has 11 nitrogen and oxygen atoms in total. The van der Waals surface area contributed by atoms with Gasteiger partial charge in [0.05, 0.1) is 31.5 Å². The van der Waals surface area contributed by atoms with E-state index in [1.807, 2.05) is 84.9 Å². The van der Waals surface area contributed by atoms with Crippen molar-refractivity contribution in [1.29, 1.82) is 0 Å². The maximum atomic E-state index is 13.9. The van der Waals surface area contributed by atoms with Crippen LogP contribution in [0.5, 0.6) is 11.5 Å². The van der Waals surface area contributed by atoms with Crippen molar-refractivity contribution in [2.24, 2.45) is 5.92 Å². The third kappa shape index (κ3) is 6.82. The lowest BCUT2D eigenvalue weighted by Gasteiger charge is -2.26. The van der Waals surface area contributed by atoms with E-state index in [9.17, 15) is 14.4 Å². The molecular weight excluding hydrogens is 610 g/mol. The van der Waals surface area contributed by atoms with Gasteiger partial charge in [-0.1, -0.05) is 66.7 Å².